The number of aromatic nitrogens is 8. The first-order valence-electron chi connectivity index (χ1n) is 24.2. The lowest BCUT2D eigenvalue weighted by Gasteiger charge is -2.22. The number of primary sulfonamides is 1. The molecule has 4 aromatic heterocycles. The maximum atomic E-state index is 11.7. The third kappa shape index (κ3) is 13.4. The van der Waals surface area contributed by atoms with E-state index in [1.54, 1.807) is 42.7 Å². The molecule has 402 valence electrons. The van der Waals surface area contributed by atoms with E-state index in [1.165, 1.54) is 24.0 Å². The van der Waals surface area contributed by atoms with Crippen LogP contribution in [0.2, 0.25) is 5.02 Å². The third-order valence-corrected chi connectivity index (χ3v) is 14.6. The highest BCUT2D eigenvalue weighted by Crippen LogP contribution is 2.35. The van der Waals surface area contributed by atoms with Crippen LogP contribution in [0.3, 0.4) is 0 Å². The summed E-state index contributed by atoms with van der Waals surface area (Å²) < 4.78 is 50.5. The molecule has 0 saturated carbocycles. The second-order valence-corrected chi connectivity index (χ2v) is 22.3. The van der Waals surface area contributed by atoms with Gasteiger partial charge in [0.25, 0.3) is 0 Å². The standard InChI is InChI=1S/C28H28ClN7O2S.C27H28N8O2S.ClH/c1-35(25-14-15-31-28(33-25)32-21-10-6-19(7-11-21)17-39(3,37)38)23-12-13-24-26(34-27(30)36(24)2)22(23)16-18-4-8-20(29)9-5-18;1-3-35-24-13-12-21(17-23(24)32-27(35)30-18-19-8-5-4-6-9-19)34(2)25-14-15-29-26(33-25)31-20-10-7-11-22(16-20)38(28,36)37;/h4-15H,16-17H2,1-3H3,(H2,30,34)(H,31,32,33);4-17H,3,18H2,1-2H3,(H,30,32)(H2,28,36,37)(H,29,31,33);1H. The zero-order valence-electron chi connectivity index (χ0n) is 43.2. The molecule has 6 aromatic carbocycles. The van der Waals surface area contributed by atoms with Crippen LogP contribution in [0.4, 0.5) is 58.2 Å². The van der Waals surface area contributed by atoms with Crippen LogP contribution in [-0.2, 0) is 52.2 Å². The topological polar surface area (TPSA) is 250 Å². The minimum absolute atomic E-state index is 0. The predicted molar refractivity (Wildman–Crippen MR) is 315 cm³/mol. The first-order valence-corrected chi connectivity index (χ1v) is 28.2. The minimum Gasteiger partial charge on any atom is -0.369 e. The molecule has 0 aliphatic carbocycles. The number of imidazole rings is 2. The molecule has 0 saturated heterocycles. The van der Waals surface area contributed by atoms with E-state index in [9.17, 15) is 16.8 Å². The zero-order valence-corrected chi connectivity index (χ0v) is 46.4. The van der Waals surface area contributed by atoms with E-state index in [1.807, 2.05) is 120 Å². The molecule has 23 heteroatoms. The number of halogens is 2. The fourth-order valence-electron chi connectivity index (χ4n) is 8.62. The fourth-order valence-corrected chi connectivity index (χ4v) is 10.1. The van der Waals surface area contributed by atoms with Gasteiger partial charge in [-0.2, -0.15) is 9.97 Å². The van der Waals surface area contributed by atoms with Crippen molar-refractivity contribution in [2.45, 2.75) is 37.1 Å². The van der Waals surface area contributed by atoms with Gasteiger partial charge in [-0.15, -0.1) is 12.4 Å². The Morgan fingerprint density at radius 2 is 1.31 bits per heavy atom. The normalized spacial score (nSPS) is 11.4. The Kier molecular flexibility index (Phi) is 17.1. The summed E-state index contributed by atoms with van der Waals surface area (Å²) in [5, 5.41) is 15.6. The Morgan fingerprint density at radius 1 is 0.667 bits per heavy atom. The molecule has 0 aliphatic heterocycles. The lowest BCUT2D eigenvalue weighted by Crippen LogP contribution is -2.15. The highest BCUT2D eigenvalue weighted by Gasteiger charge is 2.20. The largest absolute Gasteiger partial charge is 0.369 e. The van der Waals surface area contributed by atoms with E-state index in [4.69, 9.17) is 32.4 Å². The smallest absolute Gasteiger partial charge is 0.238 e. The zero-order chi connectivity index (χ0) is 54.4. The summed E-state index contributed by atoms with van der Waals surface area (Å²) in [7, 11) is -1.15. The Balaban J connectivity index is 0.000000203. The van der Waals surface area contributed by atoms with Crippen LogP contribution in [0.25, 0.3) is 22.1 Å². The average molecular weight is 1130 g/mol. The predicted octanol–water partition coefficient (Wildman–Crippen LogP) is 10.3. The summed E-state index contributed by atoms with van der Waals surface area (Å²) in [4.78, 5) is 31.4. The first kappa shape index (κ1) is 55.9. The number of sulfone groups is 1. The van der Waals surface area contributed by atoms with Crippen molar-refractivity contribution in [3.05, 3.63) is 185 Å². The van der Waals surface area contributed by atoms with Gasteiger partial charge in [-0.3, -0.25) is 0 Å². The summed E-state index contributed by atoms with van der Waals surface area (Å²) in [6.07, 6.45) is 5.17. The van der Waals surface area contributed by atoms with E-state index in [-0.39, 0.29) is 23.1 Å². The van der Waals surface area contributed by atoms with Crippen molar-refractivity contribution < 1.29 is 16.8 Å². The Morgan fingerprint density at radius 3 is 1.96 bits per heavy atom. The Bertz CT molecular complexity index is 3960. The lowest BCUT2D eigenvalue weighted by atomic mass is 10.0. The van der Waals surface area contributed by atoms with Crippen molar-refractivity contribution in [3.8, 4) is 0 Å². The van der Waals surface area contributed by atoms with Crippen molar-refractivity contribution in [3.63, 3.8) is 0 Å². The molecule has 78 heavy (non-hydrogen) atoms. The number of aryl methyl sites for hydroxylation is 2. The molecule has 0 atom stereocenters. The molecule has 0 aliphatic rings. The van der Waals surface area contributed by atoms with Crippen LogP contribution < -0.4 is 36.6 Å². The Labute approximate surface area is 463 Å². The van der Waals surface area contributed by atoms with E-state index < -0.39 is 19.9 Å². The highest BCUT2D eigenvalue weighted by molar-refractivity contribution is 7.90. The summed E-state index contributed by atoms with van der Waals surface area (Å²) in [6.45, 7) is 3.58. The van der Waals surface area contributed by atoms with E-state index in [0.717, 1.165) is 68.3 Å². The highest BCUT2D eigenvalue weighted by atomic mass is 35.5. The summed E-state index contributed by atoms with van der Waals surface area (Å²) in [5.74, 6) is 3.33. The number of sulfonamides is 1. The van der Waals surface area contributed by atoms with Gasteiger partial charge in [-0.05, 0) is 109 Å². The summed E-state index contributed by atoms with van der Waals surface area (Å²) in [5.41, 5.74) is 17.0. The van der Waals surface area contributed by atoms with Crippen LogP contribution in [0.5, 0.6) is 0 Å². The van der Waals surface area contributed by atoms with E-state index in [0.29, 0.717) is 53.2 Å². The molecular formula is C55H57Cl2N15O4S2. The van der Waals surface area contributed by atoms with Crippen molar-refractivity contribution >= 4 is 124 Å². The van der Waals surface area contributed by atoms with Gasteiger partial charge in [0, 0.05) is 92.6 Å². The molecular weight excluding hydrogens is 1070 g/mol. The van der Waals surface area contributed by atoms with Crippen molar-refractivity contribution in [1.29, 1.82) is 0 Å². The number of hydrogen-bond donors (Lipinski definition) is 5. The molecule has 0 unspecified atom stereocenters. The van der Waals surface area contributed by atoms with Gasteiger partial charge >= 0.3 is 0 Å². The molecule has 0 amide bonds. The van der Waals surface area contributed by atoms with Gasteiger partial charge in [0.2, 0.25) is 33.8 Å². The molecule has 0 fully saturated rings. The minimum atomic E-state index is -3.82. The van der Waals surface area contributed by atoms with Crippen LogP contribution >= 0.6 is 24.0 Å². The number of anilines is 10. The number of benzene rings is 6. The first-order chi connectivity index (χ1) is 36.9. The number of nitrogen functional groups attached to an aromatic ring is 1. The number of fused-ring (bicyclic) bond motifs is 2. The van der Waals surface area contributed by atoms with Crippen molar-refractivity contribution in [1.82, 2.24) is 39.0 Å². The van der Waals surface area contributed by atoms with Gasteiger partial charge in [-0.25, -0.2) is 41.9 Å². The molecule has 10 rings (SSSR count). The van der Waals surface area contributed by atoms with Crippen molar-refractivity contribution in [2.75, 3.05) is 51.8 Å². The van der Waals surface area contributed by atoms with Crippen LogP contribution in [0, 0.1) is 0 Å². The van der Waals surface area contributed by atoms with Gasteiger partial charge in [0.1, 0.15) is 11.6 Å². The number of nitrogens with two attached hydrogens (primary N) is 2. The quantitative estimate of drug-likeness (QED) is 0.0569. The van der Waals surface area contributed by atoms with Crippen LogP contribution in [0.1, 0.15) is 29.2 Å². The maximum Gasteiger partial charge on any atom is 0.238 e. The second-order valence-electron chi connectivity index (χ2n) is 18.1. The molecule has 7 N–H and O–H groups in total. The monoisotopic (exact) mass is 1130 g/mol. The summed E-state index contributed by atoms with van der Waals surface area (Å²) in [6, 6.07) is 45.2. The number of rotatable bonds is 17. The SMILES string of the molecule is CCn1c(NCc2ccccc2)nc2cc(N(C)c3ccnc(Nc4cccc(S(N)(=O)=O)c4)n3)ccc21.CN(c1ccnc(Nc2ccc(CS(C)(=O)=O)cc2)n1)c1ccc2c(nc(N)n2C)c1Cc1ccc(Cl)cc1.Cl. The molecule has 0 bridgehead atoms. The summed E-state index contributed by atoms with van der Waals surface area (Å²) >= 11 is 6.12. The third-order valence-electron chi connectivity index (χ3n) is 12.6. The molecule has 10 aromatic rings. The van der Waals surface area contributed by atoms with Crippen LogP contribution in [-0.4, -0.2) is 76.2 Å². The molecule has 0 spiro atoms. The molecule has 0 radical (unpaired) electrons. The van der Waals surface area contributed by atoms with E-state index >= 15 is 0 Å². The maximum absolute atomic E-state index is 11.7. The number of hydrogen-bond acceptors (Lipinski definition) is 16. The second kappa shape index (κ2) is 23.9. The van der Waals surface area contributed by atoms with Gasteiger partial charge in [0.05, 0.1) is 32.7 Å². The van der Waals surface area contributed by atoms with Crippen molar-refractivity contribution in [2.24, 2.45) is 12.2 Å². The average Bonchev–Trinajstić information content (AvgIpc) is 3.96. The fraction of sp³-hybridized carbons (Fsp3) is 0.164. The van der Waals surface area contributed by atoms with E-state index in [2.05, 4.69) is 65.6 Å². The number of nitrogens with zero attached hydrogens (tertiary/aromatic N) is 10. The molecule has 4 heterocycles. The van der Waals surface area contributed by atoms with Gasteiger partial charge in [0.15, 0.2) is 9.84 Å². The van der Waals surface area contributed by atoms with Crippen LogP contribution in [0.15, 0.2) is 163 Å². The van der Waals surface area contributed by atoms with Gasteiger partial charge < -0.3 is 40.6 Å². The number of nitrogens with one attached hydrogen (secondary N) is 3. The van der Waals surface area contributed by atoms with Gasteiger partial charge in [-0.1, -0.05) is 72.3 Å². The Hall–Kier alpha value is -8.34. The lowest BCUT2D eigenvalue weighted by molar-refractivity contribution is 0.597. The molecule has 19 nitrogen and oxygen atoms in total.